The van der Waals surface area contributed by atoms with Gasteiger partial charge in [-0.3, -0.25) is 9.89 Å². The molecule has 1 aromatic heterocycles. The van der Waals surface area contributed by atoms with Crippen molar-refractivity contribution in [1.82, 2.24) is 20.1 Å². The first-order valence-corrected chi connectivity index (χ1v) is 9.26. The largest absolute Gasteiger partial charge is 0.480 e. The van der Waals surface area contributed by atoms with Gasteiger partial charge in [0.05, 0.1) is 0 Å². The molecule has 0 saturated carbocycles. The van der Waals surface area contributed by atoms with Gasteiger partial charge in [0, 0.05) is 18.7 Å². The summed E-state index contributed by atoms with van der Waals surface area (Å²) in [5, 5.41) is 19.7. The minimum atomic E-state index is -0.843. The van der Waals surface area contributed by atoms with Gasteiger partial charge in [-0.25, -0.2) is 0 Å². The van der Waals surface area contributed by atoms with Crippen LogP contribution in [-0.4, -0.2) is 31.9 Å². The molecule has 1 atom stereocenters. The number of aliphatic carboxylic acids is 1. The van der Waals surface area contributed by atoms with E-state index in [4.69, 9.17) is 12.2 Å². The van der Waals surface area contributed by atoms with E-state index < -0.39 is 12.0 Å². The lowest BCUT2D eigenvalue weighted by molar-refractivity contribution is -0.139. The maximum absolute atomic E-state index is 11.6. The highest BCUT2D eigenvalue weighted by Crippen LogP contribution is 2.17. The number of carbonyl (C=O) groups is 1. The predicted molar refractivity (Wildman–Crippen MR) is 107 cm³/mol. The second-order valence-corrected chi connectivity index (χ2v) is 6.66. The molecule has 0 saturated heterocycles. The molecule has 0 spiro atoms. The number of aromatic nitrogens is 3. The Morgan fingerprint density at radius 1 is 1.15 bits per heavy atom. The Hall–Kier alpha value is -2.77. The summed E-state index contributed by atoms with van der Waals surface area (Å²) >= 11 is 5.33. The van der Waals surface area contributed by atoms with Crippen LogP contribution in [-0.2, 0) is 17.9 Å². The Bertz CT molecular complexity index is 922. The number of nitrogens with zero attached hydrogens (tertiary/aromatic N) is 2. The molecule has 3 N–H and O–H groups in total. The standard InChI is InChI=1S/C20H22N4O2S/c25-19(26)17(21-14-15-8-3-1-4-9-15)12-7-13-24-18(22-23-20(24)27)16-10-5-2-6-11-16/h1-6,8-11,17,21H,7,12-14H2,(H,23,27)(H,25,26)/t17-/m0/s1. The van der Waals surface area contributed by atoms with Gasteiger partial charge in [-0.1, -0.05) is 60.7 Å². The highest BCUT2D eigenvalue weighted by molar-refractivity contribution is 7.71. The molecule has 6 nitrogen and oxygen atoms in total. The fourth-order valence-electron chi connectivity index (χ4n) is 2.94. The van der Waals surface area contributed by atoms with Gasteiger partial charge in [-0.2, -0.15) is 5.10 Å². The van der Waals surface area contributed by atoms with Gasteiger partial charge in [0.1, 0.15) is 6.04 Å². The molecular weight excluding hydrogens is 360 g/mol. The van der Waals surface area contributed by atoms with E-state index in [1.165, 1.54) is 0 Å². The molecule has 0 aliphatic rings. The molecule has 27 heavy (non-hydrogen) atoms. The smallest absolute Gasteiger partial charge is 0.320 e. The van der Waals surface area contributed by atoms with Crippen molar-refractivity contribution in [2.75, 3.05) is 0 Å². The maximum Gasteiger partial charge on any atom is 0.320 e. The van der Waals surface area contributed by atoms with Crippen LogP contribution in [0.5, 0.6) is 0 Å². The monoisotopic (exact) mass is 382 g/mol. The maximum atomic E-state index is 11.6. The van der Waals surface area contributed by atoms with Crippen LogP contribution in [0.2, 0.25) is 0 Å². The lowest BCUT2D eigenvalue weighted by atomic mass is 10.1. The van der Waals surface area contributed by atoms with Crippen molar-refractivity contribution in [3.8, 4) is 11.4 Å². The number of nitrogens with one attached hydrogen (secondary N) is 2. The van der Waals surface area contributed by atoms with Crippen LogP contribution in [0.1, 0.15) is 18.4 Å². The fraction of sp³-hybridized carbons (Fsp3) is 0.250. The second kappa shape index (κ2) is 9.25. The first-order chi connectivity index (χ1) is 13.1. The molecule has 1 heterocycles. The van der Waals surface area contributed by atoms with Crippen LogP contribution in [0.25, 0.3) is 11.4 Å². The number of rotatable bonds is 9. The van der Waals surface area contributed by atoms with Gasteiger partial charge in [0.15, 0.2) is 10.6 Å². The van der Waals surface area contributed by atoms with E-state index in [0.29, 0.717) is 30.7 Å². The van der Waals surface area contributed by atoms with E-state index in [1.807, 2.05) is 65.2 Å². The Morgan fingerprint density at radius 3 is 2.48 bits per heavy atom. The Labute approximate surface area is 162 Å². The molecule has 0 radical (unpaired) electrons. The van der Waals surface area contributed by atoms with Crippen LogP contribution in [0.4, 0.5) is 0 Å². The van der Waals surface area contributed by atoms with Crippen molar-refractivity contribution in [2.24, 2.45) is 0 Å². The van der Waals surface area contributed by atoms with Crippen molar-refractivity contribution in [1.29, 1.82) is 0 Å². The molecular formula is C20H22N4O2S. The molecule has 7 heteroatoms. The first kappa shape index (κ1) is 19.0. The fourth-order valence-corrected chi connectivity index (χ4v) is 3.16. The van der Waals surface area contributed by atoms with Gasteiger partial charge in [0.25, 0.3) is 0 Å². The molecule has 0 aliphatic carbocycles. The van der Waals surface area contributed by atoms with Gasteiger partial charge < -0.3 is 15.0 Å². The SMILES string of the molecule is O=C(O)[C@H](CCCn1c(-c2ccccc2)n[nH]c1=S)NCc1ccccc1. The highest BCUT2D eigenvalue weighted by Gasteiger charge is 2.17. The molecule has 2 aromatic carbocycles. The van der Waals surface area contributed by atoms with Crippen LogP contribution >= 0.6 is 12.2 Å². The zero-order valence-electron chi connectivity index (χ0n) is 14.8. The number of aromatic amines is 1. The second-order valence-electron chi connectivity index (χ2n) is 6.27. The number of hydrogen-bond acceptors (Lipinski definition) is 4. The predicted octanol–water partition coefficient (Wildman–Crippen LogP) is 3.63. The van der Waals surface area contributed by atoms with Crippen molar-refractivity contribution < 1.29 is 9.90 Å². The molecule has 0 amide bonds. The minimum Gasteiger partial charge on any atom is -0.480 e. The van der Waals surface area contributed by atoms with E-state index >= 15 is 0 Å². The lowest BCUT2D eigenvalue weighted by Crippen LogP contribution is -2.36. The van der Waals surface area contributed by atoms with E-state index in [2.05, 4.69) is 15.5 Å². The number of carboxylic acids is 1. The lowest BCUT2D eigenvalue weighted by Gasteiger charge is -2.15. The third-order valence-electron chi connectivity index (χ3n) is 4.36. The van der Waals surface area contributed by atoms with E-state index in [1.54, 1.807) is 0 Å². The van der Waals surface area contributed by atoms with Crippen molar-refractivity contribution in [3.05, 3.63) is 71.0 Å². The molecule has 0 unspecified atom stereocenters. The first-order valence-electron chi connectivity index (χ1n) is 8.86. The molecule has 140 valence electrons. The van der Waals surface area contributed by atoms with Gasteiger partial charge in [-0.15, -0.1) is 0 Å². The average Bonchev–Trinajstić information content (AvgIpc) is 3.06. The van der Waals surface area contributed by atoms with Crippen molar-refractivity contribution >= 4 is 18.2 Å². The van der Waals surface area contributed by atoms with Gasteiger partial charge in [0.2, 0.25) is 0 Å². The molecule has 3 rings (SSSR count). The molecule has 0 bridgehead atoms. The van der Waals surface area contributed by atoms with Crippen molar-refractivity contribution in [3.63, 3.8) is 0 Å². The number of carboxylic acid groups (broad SMARTS) is 1. The van der Waals surface area contributed by atoms with Crippen LogP contribution in [0, 0.1) is 4.77 Å². The topological polar surface area (TPSA) is 82.9 Å². The molecule has 3 aromatic rings. The third kappa shape index (κ3) is 5.12. The summed E-state index contributed by atoms with van der Waals surface area (Å²) in [7, 11) is 0. The van der Waals surface area contributed by atoms with E-state index in [9.17, 15) is 9.90 Å². The molecule has 0 fully saturated rings. The summed E-state index contributed by atoms with van der Waals surface area (Å²) < 4.78 is 2.46. The number of H-pyrrole nitrogens is 1. The van der Waals surface area contributed by atoms with Crippen molar-refractivity contribution in [2.45, 2.75) is 32.0 Å². The van der Waals surface area contributed by atoms with Crippen LogP contribution in [0.15, 0.2) is 60.7 Å². The number of hydrogen-bond donors (Lipinski definition) is 3. The Balaban J connectivity index is 1.60. The van der Waals surface area contributed by atoms with Gasteiger partial charge in [-0.05, 0) is 30.6 Å². The van der Waals surface area contributed by atoms with Crippen LogP contribution < -0.4 is 5.32 Å². The molecule has 0 aliphatic heterocycles. The summed E-state index contributed by atoms with van der Waals surface area (Å²) in [6.45, 7) is 1.13. The zero-order chi connectivity index (χ0) is 19.1. The minimum absolute atomic E-state index is 0.503. The Morgan fingerprint density at radius 2 is 1.81 bits per heavy atom. The summed E-state index contributed by atoms with van der Waals surface area (Å²) in [6.07, 6.45) is 1.18. The summed E-state index contributed by atoms with van der Waals surface area (Å²) in [4.78, 5) is 11.6. The average molecular weight is 382 g/mol. The number of benzene rings is 2. The summed E-state index contributed by atoms with van der Waals surface area (Å²) in [5.74, 6) is -0.0743. The van der Waals surface area contributed by atoms with E-state index in [0.717, 1.165) is 17.0 Å². The van der Waals surface area contributed by atoms with Gasteiger partial charge >= 0.3 is 5.97 Å². The van der Waals surface area contributed by atoms with Crippen LogP contribution in [0.3, 0.4) is 0 Å². The highest BCUT2D eigenvalue weighted by atomic mass is 32.1. The zero-order valence-corrected chi connectivity index (χ0v) is 15.7. The third-order valence-corrected chi connectivity index (χ3v) is 4.67. The Kier molecular flexibility index (Phi) is 6.51. The summed E-state index contributed by atoms with van der Waals surface area (Å²) in [6, 6.07) is 19.0. The van der Waals surface area contributed by atoms with E-state index in [-0.39, 0.29) is 0 Å². The quantitative estimate of drug-likeness (QED) is 0.492. The summed E-state index contributed by atoms with van der Waals surface area (Å²) in [5.41, 5.74) is 2.04. The normalized spacial score (nSPS) is 12.0.